The van der Waals surface area contributed by atoms with E-state index in [9.17, 15) is 13.2 Å². The van der Waals surface area contributed by atoms with Gasteiger partial charge in [-0.15, -0.1) is 5.92 Å². The third kappa shape index (κ3) is 3.68. The van der Waals surface area contributed by atoms with E-state index in [1.807, 2.05) is 0 Å². The number of fused-ring (bicyclic) bond motifs is 2. The summed E-state index contributed by atoms with van der Waals surface area (Å²) in [6, 6.07) is 5.73. The molecular formula is C19H24N2O5S. The SMILES string of the molecule is CC#CCOc1ccc(S(=O)(=O)N(C)[C@H]2[C@@H]3CC[C@H](C3)[C@H]2C(=O)NO)cc1. The molecule has 2 aliphatic carbocycles. The molecule has 2 bridgehead atoms. The quantitative estimate of drug-likeness (QED) is 0.436. The summed E-state index contributed by atoms with van der Waals surface area (Å²) in [5.74, 6) is 5.25. The van der Waals surface area contributed by atoms with E-state index in [0.717, 1.165) is 19.3 Å². The molecule has 0 saturated heterocycles. The highest BCUT2D eigenvalue weighted by molar-refractivity contribution is 7.89. The van der Waals surface area contributed by atoms with Gasteiger partial charge < -0.3 is 4.74 Å². The number of hydroxylamine groups is 1. The van der Waals surface area contributed by atoms with E-state index in [0.29, 0.717) is 5.75 Å². The predicted molar refractivity (Wildman–Crippen MR) is 98.4 cm³/mol. The molecular weight excluding hydrogens is 368 g/mol. The van der Waals surface area contributed by atoms with E-state index >= 15 is 0 Å². The lowest BCUT2D eigenvalue weighted by Gasteiger charge is -2.35. The van der Waals surface area contributed by atoms with Crippen LogP contribution in [0.2, 0.25) is 0 Å². The highest BCUT2D eigenvalue weighted by atomic mass is 32.2. The number of amides is 1. The molecule has 0 radical (unpaired) electrons. The maximum absolute atomic E-state index is 13.1. The van der Waals surface area contributed by atoms with Crippen molar-refractivity contribution < 1.29 is 23.2 Å². The van der Waals surface area contributed by atoms with Crippen molar-refractivity contribution in [2.24, 2.45) is 17.8 Å². The smallest absolute Gasteiger partial charge is 0.248 e. The zero-order chi connectivity index (χ0) is 19.6. The largest absolute Gasteiger partial charge is 0.481 e. The van der Waals surface area contributed by atoms with Crippen molar-refractivity contribution in [3.05, 3.63) is 24.3 Å². The molecule has 0 heterocycles. The Labute approximate surface area is 159 Å². The first-order valence-corrected chi connectivity index (χ1v) is 10.4. The fraction of sp³-hybridized carbons (Fsp3) is 0.526. The summed E-state index contributed by atoms with van der Waals surface area (Å²) in [6.07, 6.45) is 2.60. The minimum atomic E-state index is -3.77. The fourth-order valence-corrected chi connectivity index (χ4v) is 5.89. The summed E-state index contributed by atoms with van der Waals surface area (Å²) in [5.41, 5.74) is 1.71. The summed E-state index contributed by atoms with van der Waals surface area (Å²) in [5, 5.41) is 9.07. The maximum Gasteiger partial charge on any atom is 0.248 e. The lowest BCUT2D eigenvalue weighted by atomic mass is 9.84. The van der Waals surface area contributed by atoms with E-state index in [-0.39, 0.29) is 23.3 Å². The third-order valence-electron chi connectivity index (χ3n) is 5.69. The molecule has 7 nitrogen and oxygen atoms in total. The molecule has 2 fully saturated rings. The number of carbonyl (C=O) groups excluding carboxylic acids is 1. The molecule has 3 rings (SSSR count). The standard InChI is InChI=1S/C19H24N2O5S/c1-3-4-11-26-15-7-9-16(10-8-15)27(24,25)21(2)18-14-6-5-13(12-14)17(18)19(22)20-23/h7-10,13-14,17-18,23H,5-6,11-12H2,1-2H3,(H,20,22)/t13-,14-,17-,18+/m1/s1. The number of hydrogen-bond acceptors (Lipinski definition) is 5. The number of ether oxygens (including phenoxy) is 1. The van der Waals surface area contributed by atoms with Gasteiger partial charge in [-0.1, -0.05) is 5.92 Å². The van der Waals surface area contributed by atoms with E-state index in [2.05, 4.69) is 11.8 Å². The highest BCUT2D eigenvalue weighted by Gasteiger charge is 2.54. The molecule has 0 unspecified atom stereocenters. The first-order chi connectivity index (χ1) is 12.9. The minimum absolute atomic E-state index is 0.111. The Balaban J connectivity index is 1.81. The molecule has 27 heavy (non-hydrogen) atoms. The first-order valence-electron chi connectivity index (χ1n) is 8.94. The molecule has 1 aromatic carbocycles. The molecule has 0 spiro atoms. The molecule has 2 aliphatic rings. The van der Waals surface area contributed by atoms with Crippen molar-refractivity contribution in [3.8, 4) is 17.6 Å². The van der Waals surface area contributed by atoms with Gasteiger partial charge in [-0.25, -0.2) is 13.9 Å². The lowest BCUT2D eigenvalue weighted by molar-refractivity contribution is -0.136. The van der Waals surface area contributed by atoms with Crippen LogP contribution >= 0.6 is 0 Å². The van der Waals surface area contributed by atoms with Crippen LogP contribution in [0.25, 0.3) is 0 Å². The van der Waals surface area contributed by atoms with Crippen molar-refractivity contribution in [3.63, 3.8) is 0 Å². The number of nitrogens with zero attached hydrogens (tertiary/aromatic N) is 1. The van der Waals surface area contributed by atoms with Gasteiger partial charge in [-0.05, 0) is 62.3 Å². The van der Waals surface area contributed by atoms with Gasteiger partial charge in [0.1, 0.15) is 12.4 Å². The van der Waals surface area contributed by atoms with Crippen LogP contribution in [-0.2, 0) is 14.8 Å². The van der Waals surface area contributed by atoms with Gasteiger partial charge in [-0.2, -0.15) is 4.31 Å². The van der Waals surface area contributed by atoms with E-state index in [1.165, 1.54) is 23.5 Å². The molecule has 8 heteroatoms. The number of hydrogen-bond donors (Lipinski definition) is 2. The van der Waals surface area contributed by atoms with Crippen LogP contribution in [-0.4, -0.2) is 43.5 Å². The molecule has 4 atom stereocenters. The topological polar surface area (TPSA) is 95.9 Å². The average molecular weight is 392 g/mol. The second-order valence-electron chi connectivity index (χ2n) is 7.03. The van der Waals surface area contributed by atoms with Crippen LogP contribution in [0.5, 0.6) is 5.75 Å². The zero-order valence-corrected chi connectivity index (χ0v) is 16.2. The van der Waals surface area contributed by atoms with Gasteiger partial charge in [0.2, 0.25) is 15.9 Å². The number of nitrogens with one attached hydrogen (secondary N) is 1. The van der Waals surface area contributed by atoms with Crippen LogP contribution in [0.4, 0.5) is 0 Å². The number of rotatable bonds is 6. The van der Waals surface area contributed by atoms with Gasteiger partial charge >= 0.3 is 0 Å². The lowest BCUT2D eigenvalue weighted by Crippen LogP contribution is -2.50. The van der Waals surface area contributed by atoms with E-state index in [1.54, 1.807) is 24.5 Å². The second-order valence-corrected chi connectivity index (χ2v) is 9.03. The van der Waals surface area contributed by atoms with Gasteiger partial charge in [0.25, 0.3) is 0 Å². The second kappa shape index (κ2) is 7.89. The zero-order valence-electron chi connectivity index (χ0n) is 15.4. The van der Waals surface area contributed by atoms with Gasteiger partial charge in [0.15, 0.2) is 0 Å². The molecule has 2 N–H and O–H groups in total. The summed E-state index contributed by atoms with van der Waals surface area (Å²) >= 11 is 0. The summed E-state index contributed by atoms with van der Waals surface area (Å²) in [4.78, 5) is 12.3. The van der Waals surface area contributed by atoms with Crippen LogP contribution < -0.4 is 10.2 Å². The molecule has 146 valence electrons. The Morgan fingerprint density at radius 2 is 1.96 bits per heavy atom. The fourth-order valence-electron chi connectivity index (χ4n) is 4.45. The van der Waals surface area contributed by atoms with Gasteiger partial charge in [-0.3, -0.25) is 10.0 Å². The molecule has 1 amide bonds. The van der Waals surface area contributed by atoms with E-state index in [4.69, 9.17) is 9.94 Å². The van der Waals surface area contributed by atoms with Gasteiger partial charge in [0, 0.05) is 13.1 Å². The Bertz CT molecular complexity index is 856. The summed E-state index contributed by atoms with van der Waals surface area (Å²) in [7, 11) is -2.26. The Morgan fingerprint density at radius 3 is 2.59 bits per heavy atom. The highest BCUT2D eigenvalue weighted by Crippen LogP contribution is 2.51. The average Bonchev–Trinajstić information content (AvgIpc) is 3.29. The number of benzene rings is 1. The Hall–Kier alpha value is -2.08. The molecule has 0 aliphatic heterocycles. The monoisotopic (exact) mass is 392 g/mol. The minimum Gasteiger partial charge on any atom is -0.481 e. The molecule has 2 saturated carbocycles. The molecule has 0 aromatic heterocycles. The van der Waals surface area contributed by atoms with Crippen molar-refractivity contribution in [1.82, 2.24) is 9.79 Å². The van der Waals surface area contributed by atoms with E-state index < -0.39 is 27.9 Å². The normalized spacial score (nSPS) is 26.5. The van der Waals surface area contributed by atoms with Gasteiger partial charge in [0.05, 0.1) is 10.8 Å². The van der Waals surface area contributed by atoms with Crippen molar-refractivity contribution in [1.29, 1.82) is 0 Å². The number of carbonyl (C=O) groups is 1. The maximum atomic E-state index is 13.1. The van der Waals surface area contributed by atoms with Crippen molar-refractivity contribution in [2.45, 2.75) is 37.1 Å². The third-order valence-corrected chi connectivity index (χ3v) is 7.56. The van der Waals surface area contributed by atoms with Crippen LogP contribution in [0.15, 0.2) is 29.2 Å². The van der Waals surface area contributed by atoms with Crippen LogP contribution in [0, 0.1) is 29.6 Å². The van der Waals surface area contributed by atoms with Crippen LogP contribution in [0.1, 0.15) is 26.2 Å². The summed E-state index contributed by atoms with van der Waals surface area (Å²) < 4.78 is 32.9. The summed E-state index contributed by atoms with van der Waals surface area (Å²) in [6.45, 7) is 1.96. The number of sulfonamides is 1. The Morgan fingerprint density at radius 1 is 1.30 bits per heavy atom. The van der Waals surface area contributed by atoms with Crippen molar-refractivity contribution in [2.75, 3.05) is 13.7 Å². The van der Waals surface area contributed by atoms with Crippen molar-refractivity contribution >= 4 is 15.9 Å². The molecule has 1 aromatic rings. The predicted octanol–water partition coefficient (Wildman–Crippen LogP) is 1.63. The first kappa shape index (κ1) is 19.7. The van der Waals surface area contributed by atoms with Crippen LogP contribution in [0.3, 0.4) is 0 Å². The Kier molecular flexibility index (Phi) is 5.75.